The highest BCUT2D eigenvalue weighted by molar-refractivity contribution is 7.99. The molecular weight excluding hydrogens is 400 g/mol. The molecule has 148 valence electrons. The molecule has 28 heavy (non-hydrogen) atoms. The summed E-state index contributed by atoms with van der Waals surface area (Å²) in [4.78, 5) is 14.3. The van der Waals surface area contributed by atoms with E-state index in [1.165, 1.54) is 11.8 Å². The molecule has 0 spiro atoms. The van der Waals surface area contributed by atoms with Gasteiger partial charge in [0, 0.05) is 16.8 Å². The number of nitrogens with one attached hydrogen (secondary N) is 1. The predicted octanol–water partition coefficient (Wildman–Crippen LogP) is 3.57. The van der Waals surface area contributed by atoms with Crippen molar-refractivity contribution >= 4 is 35.1 Å². The highest BCUT2D eigenvalue weighted by Crippen LogP contribution is 2.27. The van der Waals surface area contributed by atoms with E-state index in [1.807, 2.05) is 54.8 Å². The summed E-state index contributed by atoms with van der Waals surface area (Å²) in [6.07, 6.45) is 0. The lowest BCUT2D eigenvalue weighted by atomic mass is 10.2. The molecule has 0 unspecified atom stereocenters. The summed E-state index contributed by atoms with van der Waals surface area (Å²) in [5.41, 5.74) is 0.883. The molecular formula is C18H21ClN6O2S. The van der Waals surface area contributed by atoms with Crippen molar-refractivity contribution in [3.63, 3.8) is 0 Å². The number of carbonyl (C=O) groups is 1. The Bertz CT molecular complexity index is 953. The van der Waals surface area contributed by atoms with Crippen molar-refractivity contribution < 1.29 is 9.32 Å². The molecule has 0 bridgehead atoms. The Labute approximate surface area is 172 Å². The van der Waals surface area contributed by atoms with Gasteiger partial charge in [0.1, 0.15) is 5.76 Å². The van der Waals surface area contributed by atoms with E-state index >= 15 is 0 Å². The van der Waals surface area contributed by atoms with Gasteiger partial charge in [-0.3, -0.25) is 14.3 Å². The Kier molecular flexibility index (Phi) is 6.38. The van der Waals surface area contributed by atoms with E-state index in [9.17, 15) is 4.79 Å². The summed E-state index contributed by atoms with van der Waals surface area (Å²) in [5, 5.41) is 16.4. The van der Waals surface area contributed by atoms with E-state index in [0.717, 1.165) is 11.5 Å². The van der Waals surface area contributed by atoms with Crippen molar-refractivity contribution in [3.05, 3.63) is 46.9 Å². The number of halogens is 1. The molecule has 0 saturated heterocycles. The maximum atomic E-state index is 12.2. The van der Waals surface area contributed by atoms with Gasteiger partial charge in [0.25, 0.3) is 0 Å². The van der Waals surface area contributed by atoms with Crippen LogP contribution in [0.4, 0.5) is 5.82 Å². The zero-order valence-electron chi connectivity index (χ0n) is 16.0. The summed E-state index contributed by atoms with van der Waals surface area (Å²) >= 11 is 7.32. The van der Waals surface area contributed by atoms with Crippen LogP contribution in [-0.2, 0) is 4.79 Å². The summed E-state index contributed by atoms with van der Waals surface area (Å²) in [6.45, 7) is 3.81. The van der Waals surface area contributed by atoms with Crippen LogP contribution in [0, 0.1) is 6.92 Å². The second-order valence-electron chi connectivity index (χ2n) is 6.45. The third-order valence-corrected chi connectivity index (χ3v) is 5.30. The Morgan fingerprint density at radius 1 is 1.32 bits per heavy atom. The van der Waals surface area contributed by atoms with E-state index in [4.69, 9.17) is 16.1 Å². The third kappa shape index (κ3) is 4.73. The highest BCUT2D eigenvalue weighted by atomic mass is 35.5. The van der Waals surface area contributed by atoms with Crippen LogP contribution in [0.3, 0.4) is 0 Å². The first-order chi connectivity index (χ1) is 13.3. The summed E-state index contributed by atoms with van der Waals surface area (Å²) < 4.78 is 6.90. The molecule has 2 aromatic heterocycles. The second kappa shape index (κ2) is 8.76. The SMILES string of the molecule is Cc1cc(NC(=O)CSc2nnc([C@H](C)N(C)C)n2-c2ccc(Cl)cc2)no1. The normalized spacial score (nSPS) is 12.4. The summed E-state index contributed by atoms with van der Waals surface area (Å²) in [7, 11) is 3.96. The molecule has 0 aliphatic heterocycles. The summed E-state index contributed by atoms with van der Waals surface area (Å²) in [6, 6.07) is 9.13. The molecule has 0 aliphatic rings. The molecule has 10 heteroatoms. The van der Waals surface area contributed by atoms with E-state index in [2.05, 4.69) is 20.7 Å². The van der Waals surface area contributed by atoms with Crippen LogP contribution in [-0.4, -0.2) is 50.6 Å². The van der Waals surface area contributed by atoms with Gasteiger partial charge in [-0.15, -0.1) is 10.2 Å². The van der Waals surface area contributed by atoms with Crippen molar-refractivity contribution in [2.75, 3.05) is 25.2 Å². The number of rotatable bonds is 7. The molecule has 0 radical (unpaired) electrons. The van der Waals surface area contributed by atoms with Crippen LogP contribution in [0.15, 0.2) is 40.0 Å². The van der Waals surface area contributed by atoms with Gasteiger partial charge >= 0.3 is 0 Å². The zero-order chi connectivity index (χ0) is 20.3. The maximum absolute atomic E-state index is 12.2. The maximum Gasteiger partial charge on any atom is 0.236 e. The van der Waals surface area contributed by atoms with E-state index in [-0.39, 0.29) is 17.7 Å². The lowest BCUT2D eigenvalue weighted by Crippen LogP contribution is -2.21. The van der Waals surface area contributed by atoms with Gasteiger partial charge in [-0.1, -0.05) is 28.5 Å². The van der Waals surface area contributed by atoms with Crippen LogP contribution in [0.25, 0.3) is 5.69 Å². The molecule has 1 atom stereocenters. The van der Waals surface area contributed by atoms with Crippen molar-refractivity contribution in [1.29, 1.82) is 0 Å². The standard InChI is InChI=1S/C18H21ClN6O2S/c1-11-9-15(23-27-11)20-16(26)10-28-18-22-21-17(12(2)24(3)4)25(18)14-7-5-13(19)6-8-14/h5-9,12H,10H2,1-4H3,(H,20,23,26)/t12-/m0/s1. The molecule has 1 aromatic carbocycles. The fraction of sp³-hybridized carbons (Fsp3) is 0.333. The molecule has 0 aliphatic carbocycles. The third-order valence-electron chi connectivity index (χ3n) is 4.12. The fourth-order valence-electron chi connectivity index (χ4n) is 2.44. The van der Waals surface area contributed by atoms with Gasteiger partial charge in [0.15, 0.2) is 16.8 Å². The lowest BCUT2D eigenvalue weighted by molar-refractivity contribution is -0.113. The average molecular weight is 421 g/mol. The molecule has 3 aromatic rings. The topological polar surface area (TPSA) is 89.1 Å². The van der Waals surface area contributed by atoms with Crippen LogP contribution in [0.2, 0.25) is 5.02 Å². The largest absolute Gasteiger partial charge is 0.360 e. The molecule has 1 amide bonds. The predicted molar refractivity (Wildman–Crippen MR) is 109 cm³/mol. The minimum atomic E-state index is -0.203. The van der Waals surface area contributed by atoms with Gasteiger partial charge in [-0.2, -0.15) is 0 Å². The van der Waals surface area contributed by atoms with E-state index in [0.29, 0.717) is 21.8 Å². The summed E-state index contributed by atoms with van der Waals surface area (Å²) in [5.74, 6) is 1.76. The molecule has 0 fully saturated rings. The van der Waals surface area contributed by atoms with Gasteiger partial charge in [-0.05, 0) is 52.2 Å². The molecule has 0 saturated carbocycles. The number of amides is 1. The van der Waals surface area contributed by atoms with Gasteiger partial charge in [-0.25, -0.2) is 0 Å². The molecule has 1 N–H and O–H groups in total. The quantitative estimate of drug-likeness (QED) is 0.584. The smallest absolute Gasteiger partial charge is 0.236 e. The van der Waals surface area contributed by atoms with E-state index in [1.54, 1.807) is 13.0 Å². The molecule has 2 heterocycles. The van der Waals surface area contributed by atoms with Crippen molar-refractivity contribution in [2.24, 2.45) is 0 Å². The Morgan fingerprint density at radius 3 is 2.64 bits per heavy atom. The van der Waals surface area contributed by atoms with Crippen molar-refractivity contribution in [1.82, 2.24) is 24.8 Å². The number of nitrogens with zero attached hydrogens (tertiary/aromatic N) is 5. The molecule has 3 rings (SSSR count). The van der Waals surface area contributed by atoms with Gasteiger partial charge in [0.2, 0.25) is 5.91 Å². The fourth-order valence-corrected chi connectivity index (χ4v) is 3.33. The first-order valence-electron chi connectivity index (χ1n) is 8.59. The number of hydrogen-bond donors (Lipinski definition) is 1. The number of thioether (sulfide) groups is 1. The first kappa shape index (κ1) is 20.4. The number of aryl methyl sites for hydroxylation is 1. The lowest BCUT2D eigenvalue weighted by Gasteiger charge is -2.20. The monoisotopic (exact) mass is 420 g/mol. The van der Waals surface area contributed by atoms with Crippen LogP contribution in [0.1, 0.15) is 24.6 Å². The van der Waals surface area contributed by atoms with Crippen LogP contribution >= 0.6 is 23.4 Å². The van der Waals surface area contributed by atoms with Crippen LogP contribution in [0.5, 0.6) is 0 Å². The number of aromatic nitrogens is 4. The Morgan fingerprint density at radius 2 is 2.04 bits per heavy atom. The number of anilines is 1. The minimum absolute atomic E-state index is 0.0319. The number of benzene rings is 1. The number of hydrogen-bond acceptors (Lipinski definition) is 7. The van der Waals surface area contributed by atoms with Crippen molar-refractivity contribution in [2.45, 2.75) is 25.0 Å². The zero-order valence-corrected chi connectivity index (χ0v) is 17.6. The van der Waals surface area contributed by atoms with Gasteiger partial charge < -0.3 is 9.84 Å². The Balaban J connectivity index is 1.82. The van der Waals surface area contributed by atoms with Crippen molar-refractivity contribution in [3.8, 4) is 5.69 Å². The molecule has 8 nitrogen and oxygen atoms in total. The van der Waals surface area contributed by atoms with E-state index < -0.39 is 0 Å². The van der Waals surface area contributed by atoms with Gasteiger partial charge in [0.05, 0.1) is 11.8 Å². The minimum Gasteiger partial charge on any atom is -0.360 e. The Hall–Kier alpha value is -2.36. The second-order valence-corrected chi connectivity index (χ2v) is 7.83. The highest BCUT2D eigenvalue weighted by Gasteiger charge is 2.21. The number of carbonyl (C=O) groups excluding carboxylic acids is 1. The average Bonchev–Trinajstić information content (AvgIpc) is 3.26. The van der Waals surface area contributed by atoms with Crippen LogP contribution < -0.4 is 5.32 Å². The first-order valence-corrected chi connectivity index (χ1v) is 9.95.